The molecule has 0 radical (unpaired) electrons. The van der Waals surface area contributed by atoms with Crippen LogP contribution in [0.25, 0.3) is 10.3 Å². The number of rotatable bonds is 5. The van der Waals surface area contributed by atoms with Crippen LogP contribution in [0.5, 0.6) is 0 Å². The molecule has 0 saturated carbocycles. The number of aryl methyl sites for hydroxylation is 1. The van der Waals surface area contributed by atoms with Crippen LogP contribution in [-0.2, 0) is 4.74 Å². The van der Waals surface area contributed by atoms with E-state index >= 15 is 8.78 Å². The van der Waals surface area contributed by atoms with Crippen molar-refractivity contribution >= 4 is 39.0 Å². The van der Waals surface area contributed by atoms with E-state index in [1.807, 2.05) is 11.8 Å². The van der Waals surface area contributed by atoms with Crippen LogP contribution in [-0.4, -0.2) is 60.8 Å². The molecule has 6 rings (SSSR count). The number of thiophene rings is 1. The number of carbonyl (C=O) groups excluding carboxylic acids is 1. The lowest BCUT2D eigenvalue weighted by molar-refractivity contribution is 0.0259. The molecule has 5 heterocycles. The van der Waals surface area contributed by atoms with Crippen LogP contribution in [0.4, 0.5) is 20.2 Å². The summed E-state index contributed by atoms with van der Waals surface area (Å²) in [4.78, 5) is 24.1. The third-order valence-electron chi connectivity index (χ3n) is 6.30. The molecule has 8 nitrogen and oxygen atoms in total. The fraction of sp³-hybridized carbons (Fsp3) is 0.435. The van der Waals surface area contributed by atoms with Crippen LogP contribution >= 0.6 is 11.3 Å². The van der Waals surface area contributed by atoms with Crippen molar-refractivity contribution in [1.29, 1.82) is 0 Å². The monoisotopic (exact) mass is 488 g/mol. The average Bonchev–Trinajstić information content (AvgIpc) is 2.97. The summed E-state index contributed by atoms with van der Waals surface area (Å²) in [6, 6.07) is 2.57. The molecule has 0 spiro atoms. The highest BCUT2D eigenvalue weighted by atomic mass is 32.1. The SMILES string of the molecule is Cc1cnc2c(N)c(C(=O)NC[C@H](C)c3cc(F)c(N4CC5COC(CN5)C4)cc3F)sc2n1. The first-order valence-electron chi connectivity index (χ1n) is 11.2. The van der Waals surface area contributed by atoms with Gasteiger partial charge in [0.25, 0.3) is 5.91 Å². The lowest BCUT2D eigenvalue weighted by Crippen LogP contribution is -2.45. The lowest BCUT2D eigenvalue weighted by atomic mass is 9.99. The van der Waals surface area contributed by atoms with Gasteiger partial charge in [-0.3, -0.25) is 4.79 Å². The van der Waals surface area contributed by atoms with Crippen LogP contribution in [0.15, 0.2) is 18.3 Å². The van der Waals surface area contributed by atoms with E-state index < -0.39 is 23.5 Å². The smallest absolute Gasteiger partial charge is 0.263 e. The molecular formula is C23H26F2N6O2S. The first-order valence-corrected chi connectivity index (χ1v) is 12.0. The minimum Gasteiger partial charge on any atom is -0.396 e. The standard InChI is InChI=1S/C23H26F2N6O2S/c1-11(5-29-22(32)21-19(26)20-23(34-21)30-12(2)6-28-20)15-3-17(25)18(4-16(15)24)31-8-13-10-33-14(9-31)7-27-13/h3-4,6,11,13-14,27H,5,7-10,26H2,1-2H3,(H,29,32)/t11-,13?,14?/m0/s1. The topological polar surface area (TPSA) is 105 Å². The summed E-state index contributed by atoms with van der Waals surface area (Å²) < 4.78 is 35.8. The van der Waals surface area contributed by atoms with E-state index in [-0.39, 0.29) is 35.6 Å². The summed E-state index contributed by atoms with van der Waals surface area (Å²) in [5.41, 5.74) is 8.01. The Morgan fingerprint density at radius 1 is 1.38 bits per heavy atom. The van der Waals surface area contributed by atoms with Gasteiger partial charge in [-0.05, 0) is 18.6 Å². The van der Waals surface area contributed by atoms with Gasteiger partial charge in [-0.25, -0.2) is 18.7 Å². The Morgan fingerprint density at radius 2 is 2.21 bits per heavy atom. The number of nitrogens with one attached hydrogen (secondary N) is 2. The number of nitrogens with zero attached hydrogens (tertiary/aromatic N) is 3. The molecule has 1 aromatic carbocycles. The second kappa shape index (κ2) is 9.05. The fourth-order valence-corrected chi connectivity index (χ4v) is 5.45. The van der Waals surface area contributed by atoms with Crippen molar-refractivity contribution in [2.24, 2.45) is 0 Å². The van der Waals surface area contributed by atoms with Gasteiger partial charge in [0.15, 0.2) is 0 Å². The highest BCUT2D eigenvalue weighted by Crippen LogP contribution is 2.32. The van der Waals surface area contributed by atoms with E-state index in [4.69, 9.17) is 10.5 Å². The number of nitrogen functional groups attached to an aromatic ring is 1. The zero-order valence-electron chi connectivity index (χ0n) is 18.9. The number of hydrogen-bond donors (Lipinski definition) is 3. The maximum Gasteiger partial charge on any atom is 0.263 e. The molecule has 1 amide bonds. The Balaban J connectivity index is 1.29. The Bertz CT molecular complexity index is 1230. The zero-order chi connectivity index (χ0) is 24.0. The van der Waals surface area contributed by atoms with Crippen molar-refractivity contribution < 1.29 is 18.3 Å². The molecule has 34 heavy (non-hydrogen) atoms. The molecule has 3 saturated heterocycles. The summed E-state index contributed by atoms with van der Waals surface area (Å²) >= 11 is 1.16. The maximum absolute atomic E-state index is 15.1. The molecule has 4 N–H and O–H groups in total. The van der Waals surface area contributed by atoms with Crippen LogP contribution in [0.1, 0.15) is 33.8 Å². The third-order valence-corrected chi connectivity index (χ3v) is 7.39. The van der Waals surface area contributed by atoms with Gasteiger partial charge in [-0.2, -0.15) is 0 Å². The molecule has 3 atom stereocenters. The molecule has 11 heteroatoms. The summed E-state index contributed by atoms with van der Waals surface area (Å²) in [6.07, 6.45) is 1.54. The Labute approximate surface area is 199 Å². The normalized spacial score (nSPS) is 21.0. The van der Waals surface area contributed by atoms with Crippen molar-refractivity contribution in [2.45, 2.75) is 31.9 Å². The third kappa shape index (κ3) is 4.30. The van der Waals surface area contributed by atoms with E-state index in [0.717, 1.165) is 17.0 Å². The average molecular weight is 489 g/mol. The molecule has 3 aromatic rings. The Kier molecular flexibility index (Phi) is 6.09. The van der Waals surface area contributed by atoms with Crippen molar-refractivity contribution in [1.82, 2.24) is 20.6 Å². The predicted octanol–water partition coefficient (Wildman–Crippen LogP) is 2.57. The minimum absolute atomic E-state index is 0.0503. The van der Waals surface area contributed by atoms with E-state index in [1.165, 1.54) is 12.1 Å². The number of halogens is 2. The van der Waals surface area contributed by atoms with Crippen molar-refractivity contribution in [3.63, 3.8) is 0 Å². The van der Waals surface area contributed by atoms with Gasteiger partial charge in [0.2, 0.25) is 0 Å². The van der Waals surface area contributed by atoms with Gasteiger partial charge >= 0.3 is 0 Å². The number of anilines is 2. The molecule has 2 bridgehead atoms. The summed E-state index contributed by atoms with van der Waals surface area (Å²) in [5, 5.41) is 6.14. The van der Waals surface area contributed by atoms with Crippen LogP contribution in [0, 0.1) is 18.6 Å². The van der Waals surface area contributed by atoms with Gasteiger partial charge in [-0.1, -0.05) is 6.92 Å². The molecule has 3 aliphatic rings. The van der Waals surface area contributed by atoms with E-state index in [1.54, 1.807) is 13.1 Å². The van der Waals surface area contributed by atoms with Gasteiger partial charge in [0.05, 0.1) is 29.8 Å². The van der Waals surface area contributed by atoms with Gasteiger partial charge in [-0.15, -0.1) is 11.3 Å². The number of hydrogen-bond acceptors (Lipinski definition) is 8. The number of morpholine rings is 1. The largest absolute Gasteiger partial charge is 0.396 e. The van der Waals surface area contributed by atoms with Gasteiger partial charge in [0.1, 0.15) is 26.9 Å². The van der Waals surface area contributed by atoms with E-state index in [9.17, 15) is 4.79 Å². The maximum atomic E-state index is 15.1. The summed E-state index contributed by atoms with van der Waals surface area (Å²) in [6.45, 7) is 6.00. The van der Waals surface area contributed by atoms with Crippen LogP contribution in [0.2, 0.25) is 0 Å². The zero-order valence-corrected chi connectivity index (χ0v) is 19.7. The van der Waals surface area contributed by atoms with Crippen molar-refractivity contribution in [2.75, 3.05) is 43.4 Å². The number of carbonyl (C=O) groups is 1. The summed E-state index contributed by atoms with van der Waals surface area (Å²) in [7, 11) is 0. The second-order valence-corrected chi connectivity index (χ2v) is 9.91. The van der Waals surface area contributed by atoms with Crippen LogP contribution < -0.4 is 21.3 Å². The molecule has 180 valence electrons. The highest BCUT2D eigenvalue weighted by Gasteiger charge is 2.31. The van der Waals surface area contributed by atoms with E-state index in [0.29, 0.717) is 41.5 Å². The number of ether oxygens (including phenoxy) is 1. The first-order chi connectivity index (χ1) is 16.3. The molecule has 2 unspecified atom stereocenters. The number of nitrogens with two attached hydrogens (primary N) is 1. The number of fused-ring (bicyclic) bond motifs is 5. The molecule has 3 aliphatic heterocycles. The van der Waals surface area contributed by atoms with Crippen molar-refractivity contribution in [3.8, 4) is 0 Å². The minimum atomic E-state index is -0.506. The summed E-state index contributed by atoms with van der Waals surface area (Å²) in [5.74, 6) is -1.84. The predicted molar refractivity (Wildman–Crippen MR) is 127 cm³/mol. The lowest BCUT2D eigenvalue weighted by Gasteiger charge is -2.25. The second-order valence-electron chi connectivity index (χ2n) is 8.91. The van der Waals surface area contributed by atoms with Gasteiger partial charge < -0.3 is 26.0 Å². The quantitative estimate of drug-likeness (QED) is 0.507. The fourth-order valence-electron chi connectivity index (χ4n) is 4.43. The molecule has 0 aliphatic carbocycles. The molecule has 3 fully saturated rings. The number of benzene rings is 1. The Hall–Kier alpha value is -2.89. The van der Waals surface area contributed by atoms with E-state index in [2.05, 4.69) is 20.6 Å². The van der Waals surface area contributed by atoms with Crippen molar-refractivity contribution in [3.05, 3.63) is 46.1 Å². The molecular weight excluding hydrogens is 462 g/mol. The van der Waals surface area contributed by atoms with Crippen LogP contribution in [0.3, 0.4) is 0 Å². The highest BCUT2D eigenvalue weighted by molar-refractivity contribution is 7.21. The Morgan fingerprint density at radius 3 is 2.97 bits per heavy atom. The number of aromatic nitrogens is 2. The van der Waals surface area contributed by atoms with Gasteiger partial charge in [0, 0.05) is 50.4 Å². The number of amides is 1. The first kappa shape index (κ1) is 22.9. The molecule has 2 aromatic heterocycles.